The number of carbonyl (C=O) groups excluding carboxylic acids is 1. The van der Waals surface area contributed by atoms with Crippen LogP contribution >= 0.6 is 11.8 Å². The molecule has 2 aliphatic rings. The standard InChI is InChI=1S/C26H36N4O3S/c1-6-9-12-33-20-11-10-17(14-21(20)32-8-3)23-22-18(15-26(4,5)16-19(22)31)27-24-28-25(29-30(23)24)34-13-7-2/h10-11,14,23H,6-9,12-13,15-16H2,1-5H3,(H,27,28,29). The van der Waals surface area contributed by atoms with Crippen molar-refractivity contribution in [2.75, 3.05) is 24.3 Å². The second kappa shape index (κ2) is 10.4. The zero-order chi connectivity index (χ0) is 24.3. The normalized spacial score (nSPS) is 18.9. The van der Waals surface area contributed by atoms with Crippen molar-refractivity contribution < 1.29 is 14.3 Å². The molecule has 0 amide bonds. The minimum absolute atomic E-state index is 0.0943. The van der Waals surface area contributed by atoms with E-state index in [1.165, 1.54) is 0 Å². The van der Waals surface area contributed by atoms with E-state index in [1.54, 1.807) is 11.8 Å². The maximum absolute atomic E-state index is 13.4. The van der Waals surface area contributed by atoms with E-state index >= 15 is 0 Å². The van der Waals surface area contributed by atoms with Gasteiger partial charge in [0.2, 0.25) is 11.1 Å². The van der Waals surface area contributed by atoms with E-state index < -0.39 is 0 Å². The smallest absolute Gasteiger partial charge is 0.227 e. The number of hydrogen-bond donors (Lipinski definition) is 1. The van der Waals surface area contributed by atoms with Crippen molar-refractivity contribution in [3.05, 3.63) is 35.0 Å². The predicted molar refractivity (Wildman–Crippen MR) is 136 cm³/mol. The molecule has 4 rings (SSSR count). The summed E-state index contributed by atoms with van der Waals surface area (Å²) in [5, 5.41) is 8.99. The Kier molecular flexibility index (Phi) is 7.55. The maximum atomic E-state index is 13.4. The molecule has 7 nitrogen and oxygen atoms in total. The van der Waals surface area contributed by atoms with Gasteiger partial charge in [-0.1, -0.05) is 51.9 Å². The van der Waals surface area contributed by atoms with E-state index in [9.17, 15) is 4.79 Å². The average Bonchev–Trinajstić information content (AvgIpc) is 3.19. The quantitative estimate of drug-likeness (QED) is 0.326. The van der Waals surface area contributed by atoms with Gasteiger partial charge >= 0.3 is 0 Å². The molecule has 0 bridgehead atoms. The van der Waals surface area contributed by atoms with E-state index in [2.05, 4.69) is 33.0 Å². The highest BCUT2D eigenvalue weighted by Crippen LogP contribution is 2.46. The third kappa shape index (κ3) is 5.11. The SMILES string of the molecule is CCCCOc1ccc(C2C3=C(CC(C)(C)CC3=O)Nc3nc(SCCC)nn32)cc1OCC. The van der Waals surface area contributed by atoms with E-state index in [0.717, 1.165) is 59.2 Å². The van der Waals surface area contributed by atoms with Gasteiger partial charge in [-0.25, -0.2) is 4.68 Å². The Hall–Kier alpha value is -2.48. The monoisotopic (exact) mass is 484 g/mol. The van der Waals surface area contributed by atoms with Crippen molar-refractivity contribution in [1.29, 1.82) is 0 Å². The Morgan fingerprint density at radius 2 is 1.97 bits per heavy atom. The van der Waals surface area contributed by atoms with Crippen LogP contribution in [0.3, 0.4) is 0 Å². The van der Waals surface area contributed by atoms with Crippen LogP contribution in [0.4, 0.5) is 5.95 Å². The molecule has 0 saturated heterocycles. The highest BCUT2D eigenvalue weighted by Gasteiger charge is 2.42. The van der Waals surface area contributed by atoms with Gasteiger partial charge in [0.1, 0.15) is 6.04 Å². The molecule has 0 spiro atoms. The summed E-state index contributed by atoms with van der Waals surface area (Å²) in [5.74, 6) is 3.23. The van der Waals surface area contributed by atoms with Crippen molar-refractivity contribution >= 4 is 23.5 Å². The zero-order valence-corrected chi connectivity index (χ0v) is 21.8. The van der Waals surface area contributed by atoms with Crippen LogP contribution in [0.25, 0.3) is 0 Å². The number of ketones is 1. The van der Waals surface area contributed by atoms with Gasteiger partial charge in [0.05, 0.1) is 13.2 Å². The topological polar surface area (TPSA) is 78.3 Å². The number of thioether (sulfide) groups is 1. The molecule has 1 aromatic heterocycles. The number of nitrogens with zero attached hydrogens (tertiary/aromatic N) is 3. The molecular formula is C26H36N4O3S. The Bertz CT molecular complexity index is 1080. The number of unbranched alkanes of at least 4 members (excludes halogenated alkanes) is 1. The van der Waals surface area contributed by atoms with Crippen molar-refractivity contribution in [3.63, 3.8) is 0 Å². The first-order valence-corrected chi connectivity index (χ1v) is 13.4. The molecule has 8 heteroatoms. The van der Waals surface area contributed by atoms with Gasteiger partial charge < -0.3 is 14.8 Å². The third-order valence-corrected chi connectivity index (χ3v) is 7.13. The molecule has 0 saturated carbocycles. The van der Waals surface area contributed by atoms with Crippen LogP contribution in [-0.4, -0.2) is 39.5 Å². The number of benzene rings is 1. The summed E-state index contributed by atoms with van der Waals surface area (Å²) in [5.41, 5.74) is 2.60. The molecule has 0 radical (unpaired) electrons. The van der Waals surface area contributed by atoms with Gasteiger partial charge in [0.25, 0.3) is 0 Å². The summed E-state index contributed by atoms with van der Waals surface area (Å²) < 4.78 is 13.8. The lowest BCUT2D eigenvalue weighted by Gasteiger charge is -2.38. The Labute approximate surface area is 206 Å². The molecule has 184 valence electrons. The number of anilines is 1. The zero-order valence-electron chi connectivity index (χ0n) is 20.9. The van der Waals surface area contributed by atoms with Crippen LogP contribution in [0.5, 0.6) is 11.5 Å². The van der Waals surface area contributed by atoms with E-state index in [0.29, 0.717) is 31.3 Å². The van der Waals surface area contributed by atoms with Gasteiger partial charge in [-0.05, 0) is 49.3 Å². The van der Waals surface area contributed by atoms with Crippen LogP contribution < -0.4 is 14.8 Å². The largest absolute Gasteiger partial charge is 0.490 e. The molecule has 1 aliphatic heterocycles. The van der Waals surface area contributed by atoms with Crippen LogP contribution in [0.2, 0.25) is 0 Å². The molecule has 1 N–H and O–H groups in total. The fourth-order valence-electron chi connectivity index (χ4n) is 4.56. The summed E-state index contributed by atoms with van der Waals surface area (Å²) in [6.07, 6.45) is 4.42. The number of fused-ring (bicyclic) bond motifs is 1. The van der Waals surface area contributed by atoms with Crippen molar-refractivity contribution in [3.8, 4) is 11.5 Å². The van der Waals surface area contributed by atoms with E-state index in [4.69, 9.17) is 19.6 Å². The molecule has 0 fully saturated rings. The number of rotatable bonds is 10. The minimum atomic E-state index is -0.345. The van der Waals surface area contributed by atoms with Crippen molar-refractivity contribution in [2.45, 2.75) is 77.9 Å². The number of allylic oxidation sites excluding steroid dienone is 2. The summed E-state index contributed by atoms with van der Waals surface area (Å²) >= 11 is 1.64. The first kappa shape index (κ1) is 24.6. The lowest BCUT2D eigenvalue weighted by atomic mass is 9.73. The average molecular weight is 485 g/mol. The van der Waals surface area contributed by atoms with E-state index in [1.807, 2.05) is 29.8 Å². The number of ether oxygens (including phenoxy) is 2. The predicted octanol–water partition coefficient (Wildman–Crippen LogP) is 6.02. The summed E-state index contributed by atoms with van der Waals surface area (Å²) in [7, 11) is 0. The molecular weight excluding hydrogens is 448 g/mol. The number of nitrogens with one attached hydrogen (secondary N) is 1. The fourth-order valence-corrected chi connectivity index (χ4v) is 5.24. The number of hydrogen-bond acceptors (Lipinski definition) is 7. The molecule has 34 heavy (non-hydrogen) atoms. The molecule has 2 aromatic rings. The highest BCUT2D eigenvalue weighted by atomic mass is 32.2. The summed E-state index contributed by atoms with van der Waals surface area (Å²) in [6, 6.07) is 5.64. The van der Waals surface area contributed by atoms with Crippen LogP contribution in [-0.2, 0) is 4.79 Å². The first-order valence-electron chi connectivity index (χ1n) is 12.4. The van der Waals surface area contributed by atoms with E-state index in [-0.39, 0.29) is 17.2 Å². The Balaban J connectivity index is 1.79. The maximum Gasteiger partial charge on any atom is 0.227 e. The summed E-state index contributed by atoms with van der Waals surface area (Å²) in [6.45, 7) is 11.7. The van der Waals surface area contributed by atoms with Crippen LogP contribution in [0.15, 0.2) is 34.6 Å². The lowest BCUT2D eigenvalue weighted by Crippen LogP contribution is -2.36. The fraction of sp³-hybridized carbons (Fsp3) is 0.577. The van der Waals surface area contributed by atoms with Gasteiger partial charge in [0, 0.05) is 23.4 Å². The van der Waals surface area contributed by atoms with Gasteiger partial charge in [-0.3, -0.25) is 4.79 Å². The lowest BCUT2D eigenvalue weighted by molar-refractivity contribution is -0.118. The second-order valence-corrected chi connectivity index (χ2v) is 10.8. The van der Waals surface area contributed by atoms with Crippen molar-refractivity contribution in [1.82, 2.24) is 14.8 Å². The second-order valence-electron chi connectivity index (χ2n) is 9.71. The first-order chi connectivity index (χ1) is 16.4. The Morgan fingerprint density at radius 1 is 1.15 bits per heavy atom. The van der Waals surface area contributed by atoms with Crippen molar-refractivity contribution in [2.24, 2.45) is 5.41 Å². The van der Waals surface area contributed by atoms with Gasteiger partial charge in [-0.15, -0.1) is 5.10 Å². The van der Waals surface area contributed by atoms with Crippen LogP contribution in [0, 0.1) is 5.41 Å². The number of carbonyl (C=O) groups is 1. The molecule has 2 heterocycles. The number of Topliss-reactive ketones (excluding diaryl/α,β-unsaturated/α-hetero) is 1. The van der Waals surface area contributed by atoms with Gasteiger partial charge in [0.15, 0.2) is 17.3 Å². The molecule has 1 atom stereocenters. The van der Waals surface area contributed by atoms with Gasteiger partial charge in [-0.2, -0.15) is 4.98 Å². The number of aromatic nitrogens is 3. The summed E-state index contributed by atoms with van der Waals surface area (Å²) in [4.78, 5) is 18.2. The van der Waals surface area contributed by atoms with Crippen LogP contribution in [0.1, 0.15) is 78.3 Å². The molecule has 1 unspecified atom stereocenters. The highest BCUT2D eigenvalue weighted by molar-refractivity contribution is 7.99. The third-order valence-electron chi connectivity index (χ3n) is 6.09. The Morgan fingerprint density at radius 3 is 2.71 bits per heavy atom. The molecule has 1 aromatic carbocycles. The molecule has 1 aliphatic carbocycles. The minimum Gasteiger partial charge on any atom is -0.490 e.